The predicted octanol–water partition coefficient (Wildman–Crippen LogP) is 1.72. The number of esters is 1. The highest BCUT2D eigenvalue weighted by atomic mass is 16.5. The standard InChI is InChI=1S/C11H10N2O2/c1-7-3-4-8-9(11(14)15-2)6-12-13-10(8)5-7/h3-6H,1-2H3. The number of fused-ring (bicyclic) bond motifs is 1. The van der Waals surface area contributed by atoms with E-state index in [0.717, 1.165) is 10.9 Å². The van der Waals surface area contributed by atoms with Gasteiger partial charge in [0.05, 0.1) is 24.4 Å². The highest BCUT2D eigenvalue weighted by Crippen LogP contribution is 2.17. The number of hydrogen-bond donors (Lipinski definition) is 0. The fraction of sp³-hybridized carbons (Fsp3) is 0.182. The average molecular weight is 202 g/mol. The maximum absolute atomic E-state index is 11.4. The third-order valence-corrected chi connectivity index (χ3v) is 2.20. The van der Waals surface area contributed by atoms with Crippen molar-refractivity contribution in [2.24, 2.45) is 0 Å². The fourth-order valence-electron chi connectivity index (χ4n) is 1.44. The van der Waals surface area contributed by atoms with Crippen LogP contribution in [0.25, 0.3) is 10.9 Å². The molecular formula is C11H10N2O2. The molecule has 0 radical (unpaired) electrons. The topological polar surface area (TPSA) is 52.1 Å². The second-order valence-corrected chi connectivity index (χ2v) is 3.27. The van der Waals surface area contributed by atoms with E-state index >= 15 is 0 Å². The summed E-state index contributed by atoms with van der Waals surface area (Å²) in [6.45, 7) is 1.96. The van der Waals surface area contributed by atoms with Crippen LogP contribution in [0.2, 0.25) is 0 Å². The van der Waals surface area contributed by atoms with Crippen molar-refractivity contribution < 1.29 is 9.53 Å². The van der Waals surface area contributed by atoms with Crippen LogP contribution >= 0.6 is 0 Å². The summed E-state index contributed by atoms with van der Waals surface area (Å²) in [5, 5.41) is 8.50. The molecule has 0 unspecified atom stereocenters. The van der Waals surface area contributed by atoms with Crippen molar-refractivity contribution in [2.75, 3.05) is 7.11 Å². The molecule has 0 aliphatic heterocycles. The van der Waals surface area contributed by atoms with Crippen LogP contribution in [0.15, 0.2) is 24.4 Å². The zero-order valence-electron chi connectivity index (χ0n) is 8.52. The molecule has 76 valence electrons. The largest absolute Gasteiger partial charge is 0.465 e. The molecule has 0 N–H and O–H groups in total. The zero-order valence-corrected chi connectivity index (χ0v) is 8.52. The lowest BCUT2D eigenvalue weighted by molar-refractivity contribution is 0.0602. The molecule has 0 aliphatic carbocycles. The zero-order chi connectivity index (χ0) is 10.8. The summed E-state index contributed by atoms with van der Waals surface area (Å²) < 4.78 is 4.67. The number of carbonyl (C=O) groups is 1. The monoisotopic (exact) mass is 202 g/mol. The molecule has 4 nitrogen and oxygen atoms in total. The van der Waals surface area contributed by atoms with Gasteiger partial charge in [0.15, 0.2) is 0 Å². The van der Waals surface area contributed by atoms with Crippen molar-refractivity contribution in [2.45, 2.75) is 6.92 Å². The second kappa shape index (κ2) is 3.65. The Labute approximate surface area is 86.9 Å². The summed E-state index contributed by atoms with van der Waals surface area (Å²) >= 11 is 0. The van der Waals surface area contributed by atoms with E-state index in [1.54, 1.807) is 0 Å². The number of hydrogen-bond acceptors (Lipinski definition) is 4. The Morgan fingerprint density at radius 3 is 2.93 bits per heavy atom. The van der Waals surface area contributed by atoms with Crippen molar-refractivity contribution in [3.8, 4) is 0 Å². The summed E-state index contributed by atoms with van der Waals surface area (Å²) in [6.07, 6.45) is 1.42. The lowest BCUT2D eigenvalue weighted by Crippen LogP contribution is -2.03. The van der Waals surface area contributed by atoms with Crippen LogP contribution in [0.5, 0.6) is 0 Å². The first kappa shape index (κ1) is 9.58. The number of carbonyl (C=O) groups excluding carboxylic acids is 1. The van der Waals surface area contributed by atoms with E-state index in [9.17, 15) is 4.79 Å². The van der Waals surface area contributed by atoms with Crippen LogP contribution in [0.1, 0.15) is 15.9 Å². The molecule has 4 heteroatoms. The van der Waals surface area contributed by atoms with Gasteiger partial charge >= 0.3 is 5.97 Å². The van der Waals surface area contributed by atoms with Crippen LogP contribution in [0.3, 0.4) is 0 Å². The average Bonchev–Trinajstić information content (AvgIpc) is 2.26. The minimum absolute atomic E-state index is 0.390. The lowest BCUT2D eigenvalue weighted by atomic mass is 10.1. The van der Waals surface area contributed by atoms with E-state index in [2.05, 4.69) is 14.9 Å². The molecule has 0 aliphatic rings. The van der Waals surface area contributed by atoms with Gasteiger partial charge < -0.3 is 4.74 Å². The molecule has 0 saturated heterocycles. The summed E-state index contributed by atoms with van der Waals surface area (Å²) in [5.74, 6) is -0.390. The van der Waals surface area contributed by atoms with E-state index < -0.39 is 5.97 Å². The van der Waals surface area contributed by atoms with Gasteiger partial charge in [-0.2, -0.15) is 10.2 Å². The Balaban J connectivity index is 2.71. The van der Waals surface area contributed by atoms with Gasteiger partial charge in [0.1, 0.15) is 0 Å². The van der Waals surface area contributed by atoms with Crippen molar-refractivity contribution in [3.05, 3.63) is 35.5 Å². The molecule has 1 heterocycles. The van der Waals surface area contributed by atoms with Crippen molar-refractivity contribution >= 4 is 16.9 Å². The third kappa shape index (κ3) is 1.66. The summed E-state index contributed by atoms with van der Waals surface area (Å²) in [6, 6.07) is 5.66. The Bertz CT molecular complexity index is 523. The number of benzene rings is 1. The van der Waals surface area contributed by atoms with Crippen molar-refractivity contribution in [1.82, 2.24) is 10.2 Å². The second-order valence-electron chi connectivity index (χ2n) is 3.27. The Hall–Kier alpha value is -1.97. The van der Waals surface area contributed by atoms with E-state index in [1.165, 1.54) is 13.3 Å². The minimum atomic E-state index is -0.390. The molecule has 1 aromatic carbocycles. The Morgan fingerprint density at radius 1 is 1.40 bits per heavy atom. The number of ether oxygens (including phenoxy) is 1. The summed E-state index contributed by atoms with van der Waals surface area (Å²) in [4.78, 5) is 11.4. The quantitative estimate of drug-likeness (QED) is 0.661. The first-order valence-electron chi connectivity index (χ1n) is 4.53. The number of aryl methyl sites for hydroxylation is 1. The smallest absolute Gasteiger partial charge is 0.340 e. The highest BCUT2D eigenvalue weighted by Gasteiger charge is 2.11. The van der Waals surface area contributed by atoms with Gasteiger partial charge in [-0.25, -0.2) is 4.79 Å². The van der Waals surface area contributed by atoms with Gasteiger partial charge in [-0.15, -0.1) is 0 Å². The first-order valence-corrected chi connectivity index (χ1v) is 4.53. The molecule has 0 fully saturated rings. The third-order valence-electron chi connectivity index (χ3n) is 2.20. The molecular weight excluding hydrogens is 192 g/mol. The molecule has 1 aromatic heterocycles. The van der Waals surface area contributed by atoms with E-state index in [-0.39, 0.29) is 0 Å². The normalized spacial score (nSPS) is 10.3. The van der Waals surface area contributed by atoms with E-state index in [0.29, 0.717) is 11.1 Å². The molecule has 0 bridgehead atoms. The van der Waals surface area contributed by atoms with E-state index in [4.69, 9.17) is 0 Å². The van der Waals surface area contributed by atoms with Gasteiger partial charge in [-0.3, -0.25) is 0 Å². The maximum atomic E-state index is 11.4. The maximum Gasteiger partial charge on any atom is 0.340 e. The number of nitrogens with zero attached hydrogens (tertiary/aromatic N) is 2. The fourth-order valence-corrected chi connectivity index (χ4v) is 1.44. The molecule has 0 saturated carbocycles. The van der Waals surface area contributed by atoms with Crippen LogP contribution in [0, 0.1) is 6.92 Å². The lowest BCUT2D eigenvalue weighted by Gasteiger charge is -2.03. The molecule has 0 amide bonds. The Kier molecular flexibility index (Phi) is 2.33. The summed E-state index contributed by atoms with van der Waals surface area (Å²) in [5.41, 5.74) is 2.24. The SMILES string of the molecule is COC(=O)c1cnnc2cc(C)ccc12. The first-order chi connectivity index (χ1) is 7.22. The molecule has 2 rings (SSSR count). The van der Waals surface area contributed by atoms with Gasteiger partial charge in [0, 0.05) is 5.39 Å². The van der Waals surface area contributed by atoms with Crippen molar-refractivity contribution in [3.63, 3.8) is 0 Å². The number of rotatable bonds is 1. The highest BCUT2D eigenvalue weighted by molar-refractivity contribution is 6.02. The van der Waals surface area contributed by atoms with Gasteiger partial charge in [-0.05, 0) is 18.6 Å². The summed E-state index contributed by atoms with van der Waals surface area (Å²) in [7, 11) is 1.35. The molecule has 0 atom stereocenters. The van der Waals surface area contributed by atoms with Crippen molar-refractivity contribution in [1.29, 1.82) is 0 Å². The molecule has 0 spiro atoms. The van der Waals surface area contributed by atoms with Gasteiger partial charge in [0.2, 0.25) is 0 Å². The number of aromatic nitrogens is 2. The van der Waals surface area contributed by atoms with Crippen LogP contribution < -0.4 is 0 Å². The minimum Gasteiger partial charge on any atom is -0.465 e. The predicted molar refractivity (Wildman–Crippen MR) is 55.6 cm³/mol. The number of methoxy groups -OCH3 is 1. The van der Waals surface area contributed by atoms with Crippen LogP contribution in [-0.4, -0.2) is 23.3 Å². The molecule has 15 heavy (non-hydrogen) atoms. The Morgan fingerprint density at radius 2 is 2.20 bits per heavy atom. The van der Waals surface area contributed by atoms with Crippen LogP contribution in [0.4, 0.5) is 0 Å². The van der Waals surface area contributed by atoms with Gasteiger partial charge in [0.25, 0.3) is 0 Å². The van der Waals surface area contributed by atoms with Gasteiger partial charge in [-0.1, -0.05) is 12.1 Å². The van der Waals surface area contributed by atoms with E-state index in [1.807, 2.05) is 25.1 Å². The van der Waals surface area contributed by atoms with Crippen LogP contribution in [-0.2, 0) is 4.74 Å². The molecule has 2 aromatic rings.